The quantitative estimate of drug-likeness (QED) is 0.804. The molecule has 0 radical (unpaired) electrons. The predicted molar refractivity (Wildman–Crippen MR) is 66.3 cm³/mol. The molecule has 1 aromatic rings. The molecule has 0 fully saturated rings. The Bertz CT molecular complexity index is 326. The van der Waals surface area contributed by atoms with Crippen molar-refractivity contribution >= 4 is 0 Å². The van der Waals surface area contributed by atoms with E-state index in [1.807, 2.05) is 12.1 Å². The van der Waals surface area contributed by atoms with Crippen molar-refractivity contribution < 1.29 is 9.47 Å². The maximum Gasteiger partial charge on any atom is 0.161 e. The summed E-state index contributed by atoms with van der Waals surface area (Å²) in [6.45, 7) is 5.33. The Morgan fingerprint density at radius 2 is 1.88 bits per heavy atom. The molecule has 0 aliphatic carbocycles. The summed E-state index contributed by atoms with van der Waals surface area (Å²) in [7, 11) is 3.31. The Hall–Kier alpha value is -1.22. The highest BCUT2D eigenvalue weighted by molar-refractivity contribution is 5.43. The highest BCUT2D eigenvalue weighted by Gasteiger charge is 2.09. The van der Waals surface area contributed by atoms with Crippen molar-refractivity contribution in [1.82, 2.24) is 5.32 Å². The normalized spacial score (nSPS) is 12.2. The Morgan fingerprint density at radius 1 is 1.19 bits per heavy atom. The summed E-state index contributed by atoms with van der Waals surface area (Å²) in [5, 5.41) is 3.44. The van der Waals surface area contributed by atoms with Gasteiger partial charge in [-0.3, -0.25) is 0 Å². The van der Waals surface area contributed by atoms with Gasteiger partial charge in [0, 0.05) is 6.04 Å². The molecular formula is C13H21NO2. The fourth-order valence-corrected chi connectivity index (χ4v) is 1.60. The number of rotatable bonds is 6. The van der Waals surface area contributed by atoms with Crippen LogP contribution in [0.1, 0.15) is 31.9 Å². The number of benzene rings is 1. The first-order valence-electron chi connectivity index (χ1n) is 5.68. The maximum atomic E-state index is 5.28. The molecule has 0 aliphatic heterocycles. The van der Waals surface area contributed by atoms with Crippen LogP contribution in [0.25, 0.3) is 0 Å². The Morgan fingerprint density at radius 3 is 2.44 bits per heavy atom. The van der Waals surface area contributed by atoms with Crippen molar-refractivity contribution in [3.05, 3.63) is 23.8 Å². The predicted octanol–water partition coefficient (Wildman–Crippen LogP) is 2.76. The summed E-state index contributed by atoms with van der Waals surface area (Å²) in [6, 6.07) is 6.36. The SMILES string of the molecule is CCCNC(C)c1ccc(OC)c(OC)c1. The molecule has 1 rings (SSSR count). The first-order valence-corrected chi connectivity index (χ1v) is 5.68. The lowest BCUT2D eigenvalue weighted by Gasteiger charge is -2.16. The zero-order valence-corrected chi connectivity index (χ0v) is 10.5. The van der Waals surface area contributed by atoms with Crippen LogP contribution in [-0.2, 0) is 0 Å². The molecule has 1 atom stereocenters. The topological polar surface area (TPSA) is 30.5 Å². The zero-order chi connectivity index (χ0) is 12.0. The maximum absolute atomic E-state index is 5.28. The minimum absolute atomic E-state index is 0.333. The molecule has 0 aromatic heterocycles. The second-order valence-corrected chi connectivity index (χ2v) is 3.79. The monoisotopic (exact) mass is 223 g/mol. The van der Waals surface area contributed by atoms with E-state index >= 15 is 0 Å². The van der Waals surface area contributed by atoms with Crippen LogP contribution in [0.3, 0.4) is 0 Å². The standard InChI is InChI=1S/C13H21NO2/c1-5-8-14-10(2)11-6-7-12(15-3)13(9-11)16-4/h6-7,9-10,14H,5,8H2,1-4H3. The van der Waals surface area contributed by atoms with Crippen molar-refractivity contribution in [3.63, 3.8) is 0 Å². The van der Waals surface area contributed by atoms with Gasteiger partial charge in [0.1, 0.15) is 0 Å². The van der Waals surface area contributed by atoms with Crippen LogP contribution in [0.4, 0.5) is 0 Å². The molecule has 0 bridgehead atoms. The van der Waals surface area contributed by atoms with Crippen LogP contribution in [0.5, 0.6) is 11.5 Å². The van der Waals surface area contributed by atoms with Gasteiger partial charge in [0.15, 0.2) is 11.5 Å². The van der Waals surface area contributed by atoms with E-state index in [9.17, 15) is 0 Å². The summed E-state index contributed by atoms with van der Waals surface area (Å²) in [6.07, 6.45) is 1.14. The van der Waals surface area contributed by atoms with E-state index in [0.717, 1.165) is 24.5 Å². The van der Waals surface area contributed by atoms with Crippen LogP contribution in [0.2, 0.25) is 0 Å². The minimum atomic E-state index is 0.333. The summed E-state index contributed by atoms with van der Waals surface area (Å²) < 4.78 is 10.5. The number of nitrogens with one attached hydrogen (secondary N) is 1. The second-order valence-electron chi connectivity index (χ2n) is 3.79. The Kier molecular flexibility index (Phi) is 5.12. The van der Waals surface area contributed by atoms with Gasteiger partial charge in [-0.15, -0.1) is 0 Å². The summed E-state index contributed by atoms with van der Waals surface area (Å²) in [5.74, 6) is 1.55. The Labute approximate surface area is 97.8 Å². The van der Waals surface area contributed by atoms with Gasteiger partial charge in [-0.05, 0) is 37.6 Å². The first kappa shape index (κ1) is 12.8. The molecular weight excluding hydrogens is 202 g/mol. The molecule has 0 heterocycles. The molecule has 0 saturated carbocycles. The number of ether oxygens (including phenoxy) is 2. The highest BCUT2D eigenvalue weighted by Crippen LogP contribution is 2.29. The van der Waals surface area contributed by atoms with Gasteiger partial charge in [-0.1, -0.05) is 13.0 Å². The van der Waals surface area contributed by atoms with Gasteiger partial charge in [0.05, 0.1) is 14.2 Å². The van der Waals surface area contributed by atoms with Crippen LogP contribution in [0, 0.1) is 0 Å². The molecule has 3 nitrogen and oxygen atoms in total. The van der Waals surface area contributed by atoms with Crippen LogP contribution < -0.4 is 14.8 Å². The summed E-state index contributed by atoms with van der Waals surface area (Å²) in [5.41, 5.74) is 1.21. The molecule has 0 saturated heterocycles. The van der Waals surface area contributed by atoms with Gasteiger partial charge < -0.3 is 14.8 Å². The van der Waals surface area contributed by atoms with Crippen LogP contribution >= 0.6 is 0 Å². The Balaban J connectivity index is 2.81. The van der Waals surface area contributed by atoms with Gasteiger partial charge in [0.2, 0.25) is 0 Å². The zero-order valence-electron chi connectivity index (χ0n) is 10.5. The van der Waals surface area contributed by atoms with E-state index in [1.165, 1.54) is 5.56 Å². The molecule has 0 spiro atoms. The average molecular weight is 223 g/mol. The van der Waals surface area contributed by atoms with Crippen molar-refractivity contribution in [2.24, 2.45) is 0 Å². The molecule has 0 amide bonds. The molecule has 90 valence electrons. The van der Waals surface area contributed by atoms with E-state index < -0.39 is 0 Å². The van der Waals surface area contributed by atoms with Crippen LogP contribution in [0.15, 0.2) is 18.2 Å². The lowest BCUT2D eigenvalue weighted by molar-refractivity contribution is 0.354. The fourth-order valence-electron chi connectivity index (χ4n) is 1.60. The van der Waals surface area contributed by atoms with Crippen molar-refractivity contribution in [2.45, 2.75) is 26.3 Å². The third-order valence-corrected chi connectivity index (χ3v) is 2.61. The van der Waals surface area contributed by atoms with Gasteiger partial charge in [0.25, 0.3) is 0 Å². The summed E-state index contributed by atoms with van der Waals surface area (Å²) in [4.78, 5) is 0. The lowest BCUT2D eigenvalue weighted by atomic mass is 10.1. The summed E-state index contributed by atoms with van der Waals surface area (Å²) >= 11 is 0. The van der Waals surface area contributed by atoms with Crippen molar-refractivity contribution in [3.8, 4) is 11.5 Å². The van der Waals surface area contributed by atoms with Crippen molar-refractivity contribution in [2.75, 3.05) is 20.8 Å². The van der Waals surface area contributed by atoms with Gasteiger partial charge in [-0.2, -0.15) is 0 Å². The third kappa shape index (κ3) is 3.14. The van der Waals surface area contributed by atoms with E-state index in [2.05, 4.69) is 25.2 Å². The molecule has 0 aliphatic rings. The van der Waals surface area contributed by atoms with E-state index in [0.29, 0.717) is 6.04 Å². The fraction of sp³-hybridized carbons (Fsp3) is 0.538. The lowest BCUT2D eigenvalue weighted by Crippen LogP contribution is -2.19. The largest absolute Gasteiger partial charge is 0.493 e. The molecule has 1 unspecified atom stereocenters. The van der Waals surface area contributed by atoms with Gasteiger partial charge >= 0.3 is 0 Å². The second kappa shape index (κ2) is 6.38. The molecule has 1 N–H and O–H groups in total. The molecule has 16 heavy (non-hydrogen) atoms. The first-order chi connectivity index (χ1) is 7.72. The highest BCUT2D eigenvalue weighted by atomic mass is 16.5. The number of hydrogen-bond donors (Lipinski definition) is 1. The average Bonchev–Trinajstić information content (AvgIpc) is 2.34. The smallest absolute Gasteiger partial charge is 0.161 e. The van der Waals surface area contributed by atoms with Gasteiger partial charge in [-0.25, -0.2) is 0 Å². The van der Waals surface area contributed by atoms with E-state index in [4.69, 9.17) is 9.47 Å². The number of methoxy groups -OCH3 is 2. The number of hydrogen-bond acceptors (Lipinski definition) is 3. The minimum Gasteiger partial charge on any atom is -0.493 e. The van der Waals surface area contributed by atoms with E-state index in [1.54, 1.807) is 14.2 Å². The van der Waals surface area contributed by atoms with Crippen LogP contribution in [-0.4, -0.2) is 20.8 Å². The third-order valence-electron chi connectivity index (χ3n) is 2.61. The van der Waals surface area contributed by atoms with Crippen molar-refractivity contribution in [1.29, 1.82) is 0 Å². The molecule has 1 aromatic carbocycles. The molecule has 3 heteroatoms. The van der Waals surface area contributed by atoms with E-state index in [-0.39, 0.29) is 0 Å².